The van der Waals surface area contributed by atoms with Crippen LogP contribution in [0, 0.1) is 0 Å². The Hall–Kier alpha value is -2.08. The second-order valence-corrected chi connectivity index (χ2v) is 5.16. The van der Waals surface area contributed by atoms with E-state index in [-0.39, 0.29) is 0 Å². The van der Waals surface area contributed by atoms with Gasteiger partial charge in [0, 0.05) is 6.54 Å². The van der Waals surface area contributed by atoms with E-state index in [0.717, 1.165) is 12.2 Å². The number of nitrogens with one attached hydrogen (secondary N) is 1. The number of rotatable bonds is 6. The van der Waals surface area contributed by atoms with Crippen molar-refractivity contribution in [2.75, 3.05) is 19.0 Å². The number of methoxy groups -OCH3 is 1. The Morgan fingerprint density at radius 2 is 1.95 bits per heavy atom. The van der Waals surface area contributed by atoms with E-state index < -0.39 is 5.54 Å². The average Bonchev–Trinajstić information content (AvgIpc) is 2.88. The van der Waals surface area contributed by atoms with Gasteiger partial charge in [0.15, 0.2) is 0 Å². The molecule has 20 heavy (non-hydrogen) atoms. The summed E-state index contributed by atoms with van der Waals surface area (Å²) < 4.78 is 10.6. The predicted octanol–water partition coefficient (Wildman–Crippen LogP) is 1.93. The second kappa shape index (κ2) is 5.92. The van der Waals surface area contributed by atoms with Gasteiger partial charge in [-0.1, -0.05) is 17.2 Å². The van der Waals surface area contributed by atoms with Crippen molar-refractivity contribution in [3.63, 3.8) is 0 Å². The van der Waals surface area contributed by atoms with Crippen LogP contribution in [0.1, 0.15) is 25.3 Å². The van der Waals surface area contributed by atoms with Crippen molar-refractivity contribution in [3.05, 3.63) is 35.7 Å². The molecule has 3 N–H and O–H groups in total. The van der Waals surface area contributed by atoms with Crippen molar-refractivity contribution in [1.29, 1.82) is 0 Å². The highest BCUT2D eigenvalue weighted by molar-refractivity contribution is 5.28. The molecule has 1 aromatic heterocycles. The van der Waals surface area contributed by atoms with Gasteiger partial charge in [0.05, 0.1) is 12.6 Å². The van der Waals surface area contributed by atoms with Gasteiger partial charge in [-0.15, -0.1) is 5.10 Å². The highest BCUT2D eigenvalue weighted by atomic mass is 16.5. The molecule has 0 spiro atoms. The molecule has 2 rings (SSSR count). The number of nitrogens with two attached hydrogens (primary N) is 1. The van der Waals surface area contributed by atoms with Crippen molar-refractivity contribution >= 4 is 6.01 Å². The van der Waals surface area contributed by atoms with E-state index in [9.17, 15) is 0 Å². The molecule has 0 bridgehead atoms. The minimum atomic E-state index is -0.622. The predicted molar refractivity (Wildman–Crippen MR) is 76.7 cm³/mol. The Labute approximate surface area is 118 Å². The van der Waals surface area contributed by atoms with Gasteiger partial charge < -0.3 is 20.2 Å². The summed E-state index contributed by atoms with van der Waals surface area (Å²) in [5.41, 5.74) is 6.46. The Balaban J connectivity index is 1.84. The van der Waals surface area contributed by atoms with Crippen LogP contribution in [0.5, 0.6) is 5.75 Å². The summed E-state index contributed by atoms with van der Waals surface area (Å²) in [4.78, 5) is 0. The van der Waals surface area contributed by atoms with E-state index in [4.69, 9.17) is 14.9 Å². The van der Waals surface area contributed by atoms with Crippen molar-refractivity contribution < 1.29 is 9.15 Å². The van der Waals surface area contributed by atoms with E-state index in [2.05, 4.69) is 15.5 Å². The van der Waals surface area contributed by atoms with Crippen LogP contribution in [-0.4, -0.2) is 23.9 Å². The first-order valence-corrected chi connectivity index (χ1v) is 6.48. The average molecular weight is 276 g/mol. The Morgan fingerprint density at radius 3 is 2.50 bits per heavy atom. The molecule has 2 aromatic rings. The summed E-state index contributed by atoms with van der Waals surface area (Å²) in [5, 5.41) is 10.9. The van der Waals surface area contributed by atoms with Gasteiger partial charge in [0.2, 0.25) is 5.89 Å². The number of ether oxygens (including phenoxy) is 1. The van der Waals surface area contributed by atoms with Gasteiger partial charge in [-0.3, -0.25) is 0 Å². The highest BCUT2D eigenvalue weighted by Crippen LogP contribution is 2.17. The van der Waals surface area contributed by atoms with Gasteiger partial charge in [-0.25, -0.2) is 0 Å². The maximum absolute atomic E-state index is 5.88. The van der Waals surface area contributed by atoms with E-state index in [0.29, 0.717) is 18.5 Å². The van der Waals surface area contributed by atoms with Crippen LogP contribution in [0.4, 0.5) is 6.01 Å². The van der Waals surface area contributed by atoms with E-state index in [1.165, 1.54) is 5.56 Å². The third-order valence-corrected chi connectivity index (χ3v) is 2.83. The Bertz CT molecular complexity index is 543. The first kappa shape index (κ1) is 14.3. The molecule has 0 fully saturated rings. The van der Waals surface area contributed by atoms with Gasteiger partial charge in [0.1, 0.15) is 5.75 Å². The molecule has 0 amide bonds. The zero-order valence-electron chi connectivity index (χ0n) is 12.0. The van der Waals surface area contributed by atoms with Crippen molar-refractivity contribution in [1.82, 2.24) is 10.2 Å². The minimum Gasteiger partial charge on any atom is -0.497 e. The summed E-state index contributed by atoms with van der Waals surface area (Å²) in [6, 6.07) is 8.34. The number of nitrogens with zero attached hydrogens (tertiary/aromatic N) is 2. The van der Waals surface area contributed by atoms with Gasteiger partial charge in [0.25, 0.3) is 0 Å². The van der Waals surface area contributed by atoms with Gasteiger partial charge >= 0.3 is 6.01 Å². The van der Waals surface area contributed by atoms with Crippen LogP contribution >= 0.6 is 0 Å². The Kier molecular flexibility index (Phi) is 4.24. The number of benzene rings is 1. The molecule has 6 heteroatoms. The molecule has 0 aliphatic carbocycles. The molecule has 1 aromatic carbocycles. The largest absolute Gasteiger partial charge is 0.497 e. The fraction of sp³-hybridized carbons (Fsp3) is 0.429. The van der Waals surface area contributed by atoms with Crippen LogP contribution in [0.3, 0.4) is 0 Å². The molecule has 108 valence electrons. The van der Waals surface area contributed by atoms with Crippen molar-refractivity contribution in [2.45, 2.75) is 25.8 Å². The lowest BCUT2D eigenvalue weighted by Crippen LogP contribution is -2.29. The maximum Gasteiger partial charge on any atom is 0.315 e. The molecule has 1 heterocycles. The zero-order chi connectivity index (χ0) is 14.6. The van der Waals surface area contributed by atoms with Crippen LogP contribution in [-0.2, 0) is 12.0 Å². The number of hydrogen-bond donors (Lipinski definition) is 2. The smallest absolute Gasteiger partial charge is 0.315 e. The van der Waals surface area contributed by atoms with Crippen LogP contribution in [0.2, 0.25) is 0 Å². The summed E-state index contributed by atoms with van der Waals surface area (Å²) >= 11 is 0. The minimum absolute atomic E-state index is 0.395. The number of aromatic nitrogens is 2. The molecule has 0 unspecified atom stereocenters. The van der Waals surface area contributed by atoms with E-state index >= 15 is 0 Å². The molecule has 0 aliphatic heterocycles. The first-order valence-electron chi connectivity index (χ1n) is 6.48. The fourth-order valence-electron chi connectivity index (χ4n) is 1.66. The quantitative estimate of drug-likeness (QED) is 0.838. The lowest BCUT2D eigenvalue weighted by Gasteiger charge is -2.11. The maximum atomic E-state index is 5.88. The SMILES string of the molecule is COc1ccc(CCNc2nnc(C(C)(C)N)o2)cc1. The van der Waals surface area contributed by atoms with E-state index in [1.54, 1.807) is 7.11 Å². The second-order valence-electron chi connectivity index (χ2n) is 5.16. The standard InChI is InChI=1S/C14H20N4O2/c1-14(2,15)12-17-18-13(20-12)16-9-8-10-4-6-11(19-3)7-5-10/h4-7H,8-9,15H2,1-3H3,(H,16,18). The number of hydrogen-bond acceptors (Lipinski definition) is 6. The monoisotopic (exact) mass is 276 g/mol. The first-order chi connectivity index (χ1) is 9.49. The third kappa shape index (κ3) is 3.71. The lowest BCUT2D eigenvalue weighted by atomic mass is 10.1. The molecule has 0 saturated carbocycles. The fourth-order valence-corrected chi connectivity index (χ4v) is 1.66. The topological polar surface area (TPSA) is 86.2 Å². The molecular formula is C14H20N4O2. The summed E-state index contributed by atoms with van der Waals surface area (Å²) in [7, 11) is 1.66. The molecule has 6 nitrogen and oxygen atoms in total. The zero-order valence-corrected chi connectivity index (χ0v) is 12.0. The molecule has 0 atom stereocenters. The Morgan fingerprint density at radius 1 is 1.25 bits per heavy atom. The van der Waals surface area contributed by atoms with Crippen molar-refractivity contribution in [2.24, 2.45) is 5.73 Å². The molecular weight excluding hydrogens is 256 g/mol. The highest BCUT2D eigenvalue weighted by Gasteiger charge is 2.21. The third-order valence-electron chi connectivity index (χ3n) is 2.83. The van der Waals surface area contributed by atoms with Gasteiger partial charge in [-0.05, 0) is 38.0 Å². The lowest BCUT2D eigenvalue weighted by molar-refractivity contribution is 0.384. The van der Waals surface area contributed by atoms with Gasteiger partial charge in [-0.2, -0.15) is 0 Å². The molecule has 0 radical (unpaired) electrons. The van der Waals surface area contributed by atoms with Crippen LogP contribution < -0.4 is 15.8 Å². The summed E-state index contributed by atoms with van der Waals surface area (Å²) in [6.45, 7) is 4.35. The summed E-state index contributed by atoms with van der Waals surface area (Å²) in [6.07, 6.45) is 0.855. The molecule has 0 aliphatic rings. The van der Waals surface area contributed by atoms with Crippen LogP contribution in [0.25, 0.3) is 0 Å². The normalized spacial score (nSPS) is 11.4. The number of anilines is 1. The van der Waals surface area contributed by atoms with E-state index in [1.807, 2.05) is 38.1 Å². The molecule has 0 saturated heterocycles. The van der Waals surface area contributed by atoms with Crippen molar-refractivity contribution in [3.8, 4) is 5.75 Å². The van der Waals surface area contributed by atoms with Crippen LogP contribution in [0.15, 0.2) is 28.7 Å². The summed E-state index contributed by atoms with van der Waals surface area (Å²) in [5.74, 6) is 1.28.